The molecule has 1 atom stereocenters. The van der Waals surface area contributed by atoms with E-state index in [0.29, 0.717) is 5.92 Å². The van der Waals surface area contributed by atoms with Crippen molar-refractivity contribution >= 4 is 32.6 Å². The maximum Gasteiger partial charge on any atom is 0.254 e. The van der Waals surface area contributed by atoms with Crippen LogP contribution >= 0.6 is 15.9 Å². The molecule has 1 fully saturated rings. The molecule has 1 aliphatic heterocycles. The lowest BCUT2D eigenvalue weighted by molar-refractivity contribution is 0.0674. The van der Waals surface area contributed by atoms with Gasteiger partial charge in [-0.15, -0.1) is 0 Å². The van der Waals surface area contributed by atoms with Gasteiger partial charge >= 0.3 is 0 Å². The second kappa shape index (κ2) is 6.61. The third kappa shape index (κ3) is 3.13. The number of hydrogen-bond acceptors (Lipinski definition) is 1. The first-order valence-electron chi connectivity index (χ1n) is 7.62. The minimum Gasteiger partial charge on any atom is -0.338 e. The average Bonchev–Trinajstić information content (AvgIpc) is 2.54. The van der Waals surface area contributed by atoms with Crippen molar-refractivity contribution in [1.82, 2.24) is 4.90 Å². The maximum absolute atomic E-state index is 12.9. The zero-order valence-corrected chi connectivity index (χ0v) is 13.7. The highest BCUT2D eigenvalue weighted by Gasteiger charge is 2.24. The molecule has 0 N–H and O–H groups in total. The van der Waals surface area contributed by atoms with E-state index in [2.05, 4.69) is 28.1 Å². The van der Waals surface area contributed by atoms with Crippen LogP contribution in [0.15, 0.2) is 42.5 Å². The predicted molar refractivity (Wildman–Crippen MR) is 91.0 cm³/mol. The van der Waals surface area contributed by atoms with Gasteiger partial charge in [0.05, 0.1) is 0 Å². The van der Waals surface area contributed by atoms with Gasteiger partial charge in [0.25, 0.3) is 5.91 Å². The number of amides is 1. The van der Waals surface area contributed by atoms with E-state index in [1.807, 2.05) is 35.2 Å². The van der Waals surface area contributed by atoms with Crippen molar-refractivity contribution in [1.29, 1.82) is 0 Å². The van der Waals surface area contributed by atoms with Crippen LogP contribution in [0.4, 0.5) is 0 Å². The standard InChI is InChI=1S/C18H20BrNO/c19-11-10-14-5-4-12-20(13-14)18(21)17-9-3-7-15-6-1-2-8-16(15)17/h1-3,6-9,14H,4-5,10-13H2. The molecular weight excluding hydrogens is 326 g/mol. The van der Waals surface area contributed by atoms with Crippen molar-refractivity contribution in [2.75, 3.05) is 18.4 Å². The number of nitrogens with zero attached hydrogens (tertiary/aromatic N) is 1. The van der Waals surface area contributed by atoms with Gasteiger partial charge in [0.15, 0.2) is 0 Å². The molecule has 3 heteroatoms. The van der Waals surface area contributed by atoms with Crippen molar-refractivity contribution in [3.8, 4) is 0 Å². The van der Waals surface area contributed by atoms with E-state index in [-0.39, 0.29) is 5.91 Å². The highest BCUT2D eigenvalue weighted by molar-refractivity contribution is 9.09. The third-order valence-electron chi connectivity index (χ3n) is 4.34. The Balaban J connectivity index is 1.86. The van der Waals surface area contributed by atoms with E-state index in [1.54, 1.807) is 0 Å². The van der Waals surface area contributed by atoms with E-state index in [4.69, 9.17) is 0 Å². The molecule has 2 nitrogen and oxygen atoms in total. The van der Waals surface area contributed by atoms with E-state index in [1.165, 1.54) is 6.42 Å². The summed E-state index contributed by atoms with van der Waals surface area (Å²) in [7, 11) is 0. The second-order valence-electron chi connectivity index (χ2n) is 5.76. The molecule has 3 rings (SSSR count). The summed E-state index contributed by atoms with van der Waals surface area (Å²) in [4.78, 5) is 14.9. The largest absolute Gasteiger partial charge is 0.338 e. The molecule has 21 heavy (non-hydrogen) atoms. The molecule has 1 aliphatic rings. The topological polar surface area (TPSA) is 20.3 Å². The van der Waals surface area contributed by atoms with Gasteiger partial charge in [0.1, 0.15) is 0 Å². The Labute approximate surface area is 134 Å². The molecule has 1 saturated heterocycles. The minimum atomic E-state index is 0.186. The molecule has 0 saturated carbocycles. The first-order chi connectivity index (χ1) is 10.3. The Kier molecular flexibility index (Phi) is 4.59. The van der Waals surface area contributed by atoms with Gasteiger partial charge in [-0.1, -0.05) is 52.3 Å². The Morgan fingerprint density at radius 3 is 2.86 bits per heavy atom. The van der Waals surface area contributed by atoms with Crippen molar-refractivity contribution in [3.05, 3.63) is 48.0 Å². The Bertz CT molecular complexity index is 633. The van der Waals surface area contributed by atoms with Gasteiger partial charge < -0.3 is 4.90 Å². The molecule has 2 aromatic rings. The van der Waals surface area contributed by atoms with Crippen LogP contribution in [0.2, 0.25) is 0 Å². The SMILES string of the molecule is O=C(c1cccc2ccccc12)N1CCCC(CCBr)C1. The molecule has 0 radical (unpaired) electrons. The molecule has 1 amide bonds. The van der Waals surface area contributed by atoms with Gasteiger partial charge in [-0.2, -0.15) is 0 Å². The van der Waals surface area contributed by atoms with Crippen LogP contribution in [-0.4, -0.2) is 29.2 Å². The van der Waals surface area contributed by atoms with Crippen LogP contribution in [0.3, 0.4) is 0 Å². The smallest absolute Gasteiger partial charge is 0.254 e. The molecule has 0 aromatic heterocycles. The second-order valence-corrected chi connectivity index (χ2v) is 6.56. The van der Waals surface area contributed by atoms with Crippen LogP contribution < -0.4 is 0 Å². The van der Waals surface area contributed by atoms with Crippen LogP contribution in [0.25, 0.3) is 10.8 Å². The number of benzene rings is 2. The number of halogens is 1. The summed E-state index contributed by atoms with van der Waals surface area (Å²) in [5.41, 5.74) is 0.840. The predicted octanol–water partition coefficient (Wildman–Crippen LogP) is 4.48. The van der Waals surface area contributed by atoms with Crippen LogP contribution in [-0.2, 0) is 0 Å². The monoisotopic (exact) mass is 345 g/mol. The van der Waals surface area contributed by atoms with Gasteiger partial charge in [0.2, 0.25) is 0 Å². The minimum absolute atomic E-state index is 0.186. The number of hydrogen-bond donors (Lipinski definition) is 0. The zero-order valence-electron chi connectivity index (χ0n) is 12.1. The summed E-state index contributed by atoms with van der Waals surface area (Å²) >= 11 is 3.52. The number of likely N-dealkylation sites (tertiary alicyclic amines) is 1. The summed E-state index contributed by atoms with van der Waals surface area (Å²) in [6, 6.07) is 14.1. The molecule has 1 heterocycles. The van der Waals surface area contributed by atoms with E-state index in [0.717, 1.165) is 47.6 Å². The number of rotatable bonds is 3. The fourth-order valence-electron chi connectivity index (χ4n) is 3.22. The number of fused-ring (bicyclic) bond motifs is 1. The lowest BCUT2D eigenvalue weighted by Gasteiger charge is -2.33. The molecular formula is C18H20BrNO. The van der Waals surface area contributed by atoms with Crippen LogP contribution in [0, 0.1) is 5.92 Å². The molecule has 1 unspecified atom stereocenters. The van der Waals surface area contributed by atoms with Gasteiger partial charge in [-0.3, -0.25) is 4.79 Å². The van der Waals surface area contributed by atoms with E-state index in [9.17, 15) is 4.79 Å². The summed E-state index contributed by atoms with van der Waals surface area (Å²) < 4.78 is 0. The summed E-state index contributed by atoms with van der Waals surface area (Å²) in [5, 5.41) is 3.22. The fraction of sp³-hybridized carbons (Fsp3) is 0.389. The summed E-state index contributed by atoms with van der Waals surface area (Å²) in [5.74, 6) is 0.822. The highest BCUT2D eigenvalue weighted by Crippen LogP contribution is 2.25. The third-order valence-corrected chi connectivity index (χ3v) is 4.80. The highest BCUT2D eigenvalue weighted by atomic mass is 79.9. The molecule has 110 valence electrons. The van der Waals surface area contributed by atoms with Crippen molar-refractivity contribution in [2.45, 2.75) is 19.3 Å². The van der Waals surface area contributed by atoms with Crippen LogP contribution in [0.1, 0.15) is 29.6 Å². The average molecular weight is 346 g/mol. The number of alkyl halides is 1. The first kappa shape index (κ1) is 14.6. The lowest BCUT2D eigenvalue weighted by atomic mass is 9.94. The van der Waals surface area contributed by atoms with E-state index >= 15 is 0 Å². The summed E-state index contributed by atoms with van der Waals surface area (Å²) in [6.07, 6.45) is 3.51. The van der Waals surface area contributed by atoms with Crippen molar-refractivity contribution in [2.24, 2.45) is 5.92 Å². The Morgan fingerprint density at radius 1 is 1.19 bits per heavy atom. The zero-order chi connectivity index (χ0) is 14.7. The van der Waals surface area contributed by atoms with Gasteiger partial charge in [-0.25, -0.2) is 0 Å². The maximum atomic E-state index is 12.9. The van der Waals surface area contributed by atoms with Crippen LogP contribution in [0.5, 0.6) is 0 Å². The number of carbonyl (C=O) groups excluding carboxylic acids is 1. The van der Waals surface area contributed by atoms with Crippen molar-refractivity contribution in [3.63, 3.8) is 0 Å². The molecule has 0 bridgehead atoms. The van der Waals surface area contributed by atoms with Crippen molar-refractivity contribution < 1.29 is 4.79 Å². The van der Waals surface area contributed by atoms with Gasteiger partial charge in [0, 0.05) is 24.0 Å². The molecule has 2 aromatic carbocycles. The van der Waals surface area contributed by atoms with E-state index < -0.39 is 0 Å². The number of carbonyl (C=O) groups is 1. The lowest BCUT2D eigenvalue weighted by Crippen LogP contribution is -2.40. The first-order valence-corrected chi connectivity index (χ1v) is 8.75. The quantitative estimate of drug-likeness (QED) is 0.751. The molecule has 0 aliphatic carbocycles. The van der Waals surface area contributed by atoms with Gasteiger partial charge in [-0.05, 0) is 42.0 Å². The summed E-state index contributed by atoms with van der Waals surface area (Å²) in [6.45, 7) is 1.79. The molecule has 0 spiro atoms. The number of piperidine rings is 1. The Hall–Kier alpha value is -1.35. The normalized spacial score (nSPS) is 18.9. The fourth-order valence-corrected chi connectivity index (χ4v) is 3.87. The Morgan fingerprint density at radius 2 is 2.00 bits per heavy atom.